The fourth-order valence-corrected chi connectivity index (χ4v) is 1.78. The van der Waals surface area contributed by atoms with Gasteiger partial charge in [0.05, 0.1) is 10.0 Å². The van der Waals surface area contributed by atoms with Gasteiger partial charge in [0, 0.05) is 17.1 Å². The molecule has 0 heterocycles. The van der Waals surface area contributed by atoms with Crippen molar-refractivity contribution in [1.29, 1.82) is 0 Å². The fraction of sp³-hybridized carbons (Fsp3) is 0.500. The molecule has 0 aromatic heterocycles. The first-order valence-corrected chi connectivity index (χ1v) is 6.85. The van der Waals surface area contributed by atoms with E-state index in [0.717, 1.165) is 0 Å². The molecule has 0 bridgehead atoms. The first-order chi connectivity index (χ1) is 8.66. The lowest BCUT2D eigenvalue weighted by Gasteiger charge is -2.38. The number of likely N-dealkylation sites (N-methyl/N-ethyl adjacent to an activating group) is 1. The van der Waals surface area contributed by atoms with Gasteiger partial charge in [0.1, 0.15) is 0 Å². The summed E-state index contributed by atoms with van der Waals surface area (Å²) >= 11 is 11.7. The predicted molar refractivity (Wildman–Crippen MR) is 81.2 cm³/mol. The van der Waals surface area contributed by atoms with Gasteiger partial charge in [-0.25, -0.2) is 0 Å². The predicted octanol–water partition coefficient (Wildman–Crippen LogP) is 3.45. The van der Waals surface area contributed by atoms with Crippen molar-refractivity contribution in [2.45, 2.75) is 32.4 Å². The minimum atomic E-state index is -0.152. The molecule has 1 amide bonds. The van der Waals surface area contributed by atoms with Crippen LogP contribution in [0.5, 0.6) is 0 Å². The average molecular weight is 303 g/mol. The molecule has 1 aromatic rings. The molecule has 0 spiro atoms. The molecule has 1 atom stereocenters. The lowest BCUT2D eigenvalue weighted by atomic mass is 9.94. The number of nitrogens with zero attached hydrogens (tertiary/aromatic N) is 1. The molecule has 0 saturated carbocycles. The number of hydrogen-bond donors (Lipinski definition) is 1. The Morgan fingerprint density at radius 2 is 1.84 bits per heavy atom. The Morgan fingerprint density at radius 1 is 1.26 bits per heavy atom. The number of nitrogens with one attached hydrogen (secondary N) is 1. The molecule has 106 valence electrons. The van der Waals surface area contributed by atoms with Crippen LogP contribution in [0.1, 0.15) is 31.1 Å². The SMILES string of the molecule is CC(NC(=O)c1ccc(Cl)c(Cl)c1)C(C)(C)N(C)C. The van der Waals surface area contributed by atoms with E-state index >= 15 is 0 Å². The minimum Gasteiger partial charge on any atom is -0.348 e. The van der Waals surface area contributed by atoms with Crippen molar-refractivity contribution >= 4 is 29.1 Å². The molecule has 1 rings (SSSR count). The van der Waals surface area contributed by atoms with Crippen LogP contribution in [0.3, 0.4) is 0 Å². The molecule has 0 saturated heterocycles. The number of halogens is 2. The fourth-order valence-electron chi connectivity index (χ4n) is 1.48. The molecule has 1 unspecified atom stereocenters. The van der Waals surface area contributed by atoms with Crippen LogP contribution < -0.4 is 5.32 Å². The maximum Gasteiger partial charge on any atom is 0.251 e. The largest absolute Gasteiger partial charge is 0.348 e. The van der Waals surface area contributed by atoms with Crippen molar-refractivity contribution in [3.8, 4) is 0 Å². The number of carbonyl (C=O) groups is 1. The van der Waals surface area contributed by atoms with Crippen LogP contribution in [-0.4, -0.2) is 36.5 Å². The van der Waals surface area contributed by atoms with Gasteiger partial charge in [-0.05, 0) is 53.1 Å². The van der Waals surface area contributed by atoms with Crippen molar-refractivity contribution in [3.63, 3.8) is 0 Å². The second-order valence-corrected chi connectivity index (χ2v) is 6.19. The summed E-state index contributed by atoms with van der Waals surface area (Å²) in [6, 6.07) is 4.86. The van der Waals surface area contributed by atoms with Crippen molar-refractivity contribution in [3.05, 3.63) is 33.8 Å². The normalized spacial score (nSPS) is 13.5. The Morgan fingerprint density at radius 3 is 2.32 bits per heavy atom. The van der Waals surface area contributed by atoms with Crippen LogP contribution in [0.15, 0.2) is 18.2 Å². The maximum atomic E-state index is 12.2. The third kappa shape index (κ3) is 3.85. The van der Waals surface area contributed by atoms with E-state index < -0.39 is 0 Å². The maximum absolute atomic E-state index is 12.2. The van der Waals surface area contributed by atoms with E-state index in [4.69, 9.17) is 23.2 Å². The quantitative estimate of drug-likeness (QED) is 0.924. The van der Waals surface area contributed by atoms with Crippen LogP contribution in [0.25, 0.3) is 0 Å². The molecule has 1 aromatic carbocycles. The van der Waals surface area contributed by atoms with E-state index in [1.807, 2.05) is 21.0 Å². The molecule has 0 aliphatic carbocycles. The molecule has 5 heteroatoms. The Hall–Kier alpha value is -0.770. The standard InChI is InChI=1S/C14H20Cl2N2O/c1-9(14(2,3)18(4)5)17-13(19)10-6-7-11(15)12(16)8-10/h6-9H,1-5H3,(H,17,19). The van der Waals surface area contributed by atoms with E-state index in [9.17, 15) is 4.79 Å². The number of hydrogen-bond acceptors (Lipinski definition) is 2. The molecule has 0 aliphatic rings. The summed E-state index contributed by atoms with van der Waals surface area (Å²) in [5.41, 5.74) is 0.363. The van der Waals surface area contributed by atoms with Crippen molar-refractivity contribution in [2.24, 2.45) is 0 Å². The molecule has 0 radical (unpaired) electrons. The lowest BCUT2D eigenvalue weighted by molar-refractivity contribution is 0.0860. The smallest absolute Gasteiger partial charge is 0.251 e. The number of rotatable bonds is 4. The van der Waals surface area contributed by atoms with Crippen LogP contribution >= 0.6 is 23.2 Å². The second-order valence-electron chi connectivity index (χ2n) is 5.37. The topological polar surface area (TPSA) is 32.3 Å². The number of carbonyl (C=O) groups excluding carboxylic acids is 1. The summed E-state index contributed by atoms with van der Waals surface area (Å²) in [5.74, 6) is -0.152. The van der Waals surface area contributed by atoms with E-state index in [-0.39, 0.29) is 17.5 Å². The molecular formula is C14H20Cl2N2O. The van der Waals surface area contributed by atoms with E-state index in [2.05, 4.69) is 24.1 Å². The van der Waals surface area contributed by atoms with E-state index in [1.165, 1.54) is 0 Å². The minimum absolute atomic E-state index is 0.00977. The zero-order valence-corrected chi connectivity index (χ0v) is 13.4. The van der Waals surface area contributed by atoms with E-state index in [1.54, 1.807) is 18.2 Å². The van der Waals surface area contributed by atoms with Gasteiger partial charge in [-0.3, -0.25) is 4.79 Å². The molecule has 19 heavy (non-hydrogen) atoms. The highest BCUT2D eigenvalue weighted by Gasteiger charge is 2.29. The van der Waals surface area contributed by atoms with Crippen molar-refractivity contribution in [2.75, 3.05) is 14.1 Å². The number of benzene rings is 1. The molecule has 0 aliphatic heterocycles. The Labute approximate surface area is 124 Å². The van der Waals surface area contributed by atoms with Gasteiger partial charge in [-0.2, -0.15) is 0 Å². The first kappa shape index (κ1) is 16.3. The highest BCUT2D eigenvalue weighted by Crippen LogP contribution is 2.23. The zero-order valence-electron chi connectivity index (χ0n) is 11.9. The van der Waals surface area contributed by atoms with Gasteiger partial charge >= 0.3 is 0 Å². The molecular weight excluding hydrogens is 283 g/mol. The Kier molecular flexibility index (Phi) is 5.25. The summed E-state index contributed by atoms with van der Waals surface area (Å²) < 4.78 is 0. The monoisotopic (exact) mass is 302 g/mol. The second kappa shape index (κ2) is 6.12. The summed E-state index contributed by atoms with van der Waals surface area (Å²) in [4.78, 5) is 14.2. The van der Waals surface area contributed by atoms with E-state index in [0.29, 0.717) is 15.6 Å². The summed E-state index contributed by atoms with van der Waals surface area (Å²) in [5, 5.41) is 3.81. The highest BCUT2D eigenvalue weighted by molar-refractivity contribution is 6.42. The van der Waals surface area contributed by atoms with Gasteiger partial charge in [-0.1, -0.05) is 23.2 Å². The lowest BCUT2D eigenvalue weighted by Crippen LogP contribution is -2.55. The van der Waals surface area contributed by atoms with Gasteiger partial charge in [0.2, 0.25) is 0 Å². The summed E-state index contributed by atoms with van der Waals surface area (Å²) in [6.45, 7) is 6.13. The van der Waals surface area contributed by atoms with Gasteiger partial charge < -0.3 is 10.2 Å². The third-order valence-electron chi connectivity index (χ3n) is 3.74. The molecule has 1 N–H and O–H groups in total. The van der Waals surface area contributed by atoms with Crippen LogP contribution in [0.2, 0.25) is 10.0 Å². The average Bonchev–Trinajstić information content (AvgIpc) is 2.32. The van der Waals surface area contributed by atoms with Gasteiger partial charge in [0.25, 0.3) is 5.91 Å². The summed E-state index contributed by atoms with van der Waals surface area (Å²) in [6.07, 6.45) is 0. The summed E-state index contributed by atoms with van der Waals surface area (Å²) in [7, 11) is 3.98. The molecule has 3 nitrogen and oxygen atoms in total. The first-order valence-electron chi connectivity index (χ1n) is 6.09. The Balaban J connectivity index is 2.82. The molecule has 0 fully saturated rings. The van der Waals surface area contributed by atoms with Gasteiger partial charge in [0.15, 0.2) is 0 Å². The van der Waals surface area contributed by atoms with Gasteiger partial charge in [-0.15, -0.1) is 0 Å². The van der Waals surface area contributed by atoms with Crippen molar-refractivity contribution < 1.29 is 4.79 Å². The van der Waals surface area contributed by atoms with Crippen LogP contribution in [0, 0.1) is 0 Å². The zero-order chi connectivity index (χ0) is 14.8. The Bertz CT molecular complexity index is 473. The van der Waals surface area contributed by atoms with Crippen LogP contribution in [-0.2, 0) is 0 Å². The van der Waals surface area contributed by atoms with Crippen LogP contribution in [0.4, 0.5) is 0 Å². The van der Waals surface area contributed by atoms with Crippen molar-refractivity contribution in [1.82, 2.24) is 10.2 Å². The highest BCUT2D eigenvalue weighted by atomic mass is 35.5. The third-order valence-corrected chi connectivity index (χ3v) is 4.48. The number of amides is 1.